The third-order valence-corrected chi connectivity index (χ3v) is 5.26. The molecular weight excluding hydrogens is 316 g/mol. The van der Waals surface area contributed by atoms with Gasteiger partial charge in [-0.2, -0.15) is 0 Å². The van der Waals surface area contributed by atoms with Crippen molar-refractivity contribution in [3.05, 3.63) is 59.7 Å². The number of carbonyl (C=O) groups is 1. The fourth-order valence-electron chi connectivity index (χ4n) is 2.69. The summed E-state index contributed by atoms with van der Waals surface area (Å²) in [5, 5.41) is 3.27. The van der Waals surface area contributed by atoms with Gasteiger partial charge in [0.1, 0.15) is 0 Å². The number of amides is 1. The van der Waals surface area contributed by atoms with Crippen LogP contribution in [-0.2, 0) is 0 Å². The van der Waals surface area contributed by atoms with Crippen molar-refractivity contribution in [1.82, 2.24) is 0 Å². The van der Waals surface area contributed by atoms with Gasteiger partial charge in [-0.15, -0.1) is 11.8 Å². The van der Waals surface area contributed by atoms with Crippen molar-refractivity contribution < 1.29 is 13.6 Å². The van der Waals surface area contributed by atoms with Gasteiger partial charge in [0.2, 0.25) is 0 Å². The van der Waals surface area contributed by atoms with Crippen molar-refractivity contribution in [3.63, 3.8) is 0 Å². The van der Waals surface area contributed by atoms with Gasteiger partial charge in [0.15, 0.2) is 11.6 Å². The van der Waals surface area contributed by atoms with Crippen LogP contribution < -0.4 is 5.32 Å². The lowest BCUT2D eigenvalue weighted by atomic mass is 10.2. The highest BCUT2D eigenvalue weighted by atomic mass is 32.2. The molecule has 120 valence electrons. The summed E-state index contributed by atoms with van der Waals surface area (Å²) in [6.07, 6.45) is 5.10. The van der Waals surface area contributed by atoms with E-state index >= 15 is 0 Å². The molecule has 0 aliphatic heterocycles. The van der Waals surface area contributed by atoms with Gasteiger partial charge in [-0.1, -0.05) is 18.9 Å². The van der Waals surface area contributed by atoms with Crippen LogP contribution in [0.4, 0.5) is 14.5 Å². The summed E-state index contributed by atoms with van der Waals surface area (Å²) in [7, 11) is 0. The third kappa shape index (κ3) is 3.91. The van der Waals surface area contributed by atoms with Crippen molar-refractivity contribution in [2.24, 2.45) is 0 Å². The van der Waals surface area contributed by atoms with Crippen molar-refractivity contribution in [1.29, 1.82) is 0 Å². The highest BCUT2D eigenvalue weighted by molar-refractivity contribution is 8.00. The molecule has 1 aliphatic carbocycles. The Bertz CT molecular complexity index is 697. The molecule has 1 saturated carbocycles. The average molecular weight is 333 g/mol. The Morgan fingerprint density at radius 1 is 1.04 bits per heavy atom. The molecule has 0 radical (unpaired) electrons. The summed E-state index contributed by atoms with van der Waals surface area (Å²) in [6.45, 7) is 0. The van der Waals surface area contributed by atoms with Crippen molar-refractivity contribution in [2.75, 3.05) is 5.32 Å². The Labute approximate surface area is 138 Å². The van der Waals surface area contributed by atoms with E-state index in [1.165, 1.54) is 37.8 Å². The zero-order valence-corrected chi connectivity index (χ0v) is 13.3. The Kier molecular flexibility index (Phi) is 4.96. The number of hydrogen-bond donors (Lipinski definition) is 1. The fraction of sp³-hybridized carbons (Fsp3) is 0.278. The fourth-order valence-corrected chi connectivity index (χ4v) is 3.94. The zero-order chi connectivity index (χ0) is 16.2. The van der Waals surface area contributed by atoms with Gasteiger partial charge in [-0.3, -0.25) is 4.79 Å². The van der Waals surface area contributed by atoms with Crippen LogP contribution in [0.25, 0.3) is 0 Å². The maximum atomic E-state index is 13.6. The summed E-state index contributed by atoms with van der Waals surface area (Å²) in [5.74, 6) is -2.81. The maximum absolute atomic E-state index is 13.6. The first-order chi connectivity index (χ1) is 11.1. The number of hydrogen-bond acceptors (Lipinski definition) is 2. The van der Waals surface area contributed by atoms with E-state index in [9.17, 15) is 13.6 Å². The lowest BCUT2D eigenvalue weighted by Crippen LogP contribution is -2.14. The molecular formula is C18H17F2NOS. The molecule has 1 amide bonds. The monoisotopic (exact) mass is 333 g/mol. The van der Waals surface area contributed by atoms with Crippen LogP contribution in [0.15, 0.2) is 47.4 Å². The molecule has 3 rings (SSSR count). The van der Waals surface area contributed by atoms with Gasteiger partial charge >= 0.3 is 0 Å². The summed E-state index contributed by atoms with van der Waals surface area (Å²) in [4.78, 5) is 13.2. The molecule has 0 spiro atoms. The summed E-state index contributed by atoms with van der Waals surface area (Å²) in [6, 6.07) is 11.0. The van der Waals surface area contributed by atoms with Gasteiger partial charge in [0.25, 0.3) is 5.91 Å². The van der Waals surface area contributed by atoms with Gasteiger partial charge < -0.3 is 5.32 Å². The van der Waals surface area contributed by atoms with Crippen LogP contribution in [0.2, 0.25) is 0 Å². The number of carbonyl (C=O) groups excluding carboxylic acids is 1. The number of anilines is 1. The molecule has 1 N–H and O–H groups in total. The summed E-state index contributed by atoms with van der Waals surface area (Å²) in [5.41, 5.74) is 0.267. The molecule has 2 aromatic rings. The van der Waals surface area contributed by atoms with E-state index in [1.54, 1.807) is 12.1 Å². The topological polar surface area (TPSA) is 29.1 Å². The van der Waals surface area contributed by atoms with Crippen LogP contribution in [0.1, 0.15) is 36.0 Å². The lowest BCUT2D eigenvalue weighted by Gasteiger charge is -2.10. The van der Waals surface area contributed by atoms with E-state index in [0.717, 1.165) is 11.0 Å². The van der Waals surface area contributed by atoms with E-state index in [-0.39, 0.29) is 5.56 Å². The molecule has 1 fully saturated rings. The Morgan fingerprint density at radius 3 is 2.43 bits per heavy atom. The second-order valence-corrected chi connectivity index (χ2v) is 6.98. The molecule has 0 bridgehead atoms. The number of nitrogens with one attached hydrogen (secondary N) is 1. The van der Waals surface area contributed by atoms with E-state index in [2.05, 4.69) is 5.32 Å². The maximum Gasteiger partial charge on any atom is 0.258 e. The smallest absolute Gasteiger partial charge is 0.258 e. The molecule has 0 unspecified atom stereocenters. The average Bonchev–Trinajstić information content (AvgIpc) is 3.05. The van der Waals surface area contributed by atoms with Crippen molar-refractivity contribution >= 4 is 23.4 Å². The first kappa shape index (κ1) is 16.0. The molecule has 1 aliphatic rings. The lowest BCUT2D eigenvalue weighted by molar-refractivity contribution is 0.102. The quantitative estimate of drug-likeness (QED) is 0.828. The SMILES string of the molecule is O=C(Nc1ccc(SC2CCCC2)cc1)c1cccc(F)c1F. The largest absolute Gasteiger partial charge is 0.322 e. The van der Waals surface area contributed by atoms with E-state index in [4.69, 9.17) is 0 Å². The van der Waals surface area contributed by atoms with E-state index in [0.29, 0.717) is 10.9 Å². The molecule has 23 heavy (non-hydrogen) atoms. The Hall–Kier alpha value is -1.88. The molecule has 0 heterocycles. The highest BCUT2D eigenvalue weighted by Crippen LogP contribution is 2.35. The third-order valence-electron chi connectivity index (χ3n) is 3.91. The number of thioether (sulfide) groups is 1. The molecule has 5 heteroatoms. The van der Waals surface area contributed by atoms with Crippen LogP contribution >= 0.6 is 11.8 Å². The van der Waals surface area contributed by atoms with Crippen molar-refractivity contribution in [3.8, 4) is 0 Å². The highest BCUT2D eigenvalue weighted by Gasteiger charge is 2.17. The van der Waals surface area contributed by atoms with Crippen LogP contribution in [0, 0.1) is 11.6 Å². The normalized spacial score (nSPS) is 14.9. The molecule has 2 aromatic carbocycles. The molecule has 0 atom stereocenters. The minimum atomic E-state index is -1.13. The van der Waals surface area contributed by atoms with Gasteiger partial charge in [-0.05, 0) is 49.2 Å². The molecule has 0 aromatic heterocycles. The minimum absolute atomic E-state index is 0.297. The first-order valence-electron chi connectivity index (χ1n) is 7.65. The number of benzene rings is 2. The minimum Gasteiger partial charge on any atom is -0.322 e. The van der Waals surface area contributed by atoms with Crippen molar-refractivity contribution in [2.45, 2.75) is 35.8 Å². The summed E-state index contributed by atoms with van der Waals surface area (Å²) >= 11 is 1.86. The first-order valence-corrected chi connectivity index (χ1v) is 8.53. The Morgan fingerprint density at radius 2 is 1.74 bits per heavy atom. The number of halogens is 2. The van der Waals surface area contributed by atoms with E-state index < -0.39 is 17.5 Å². The predicted octanol–water partition coefficient (Wildman–Crippen LogP) is 5.25. The van der Waals surface area contributed by atoms with Gasteiger partial charge in [0.05, 0.1) is 5.56 Å². The predicted molar refractivity (Wildman–Crippen MR) is 88.9 cm³/mol. The Balaban J connectivity index is 1.65. The van der Waals surface area contributed by atoms with Crippen LogP contribution in [-0.4, -0.2) is 11.2 Å². The van der Waals surface area contributed by atoms with Gasteiger partial charge in [0, 0.05) is 15.8 Å². The molecule has 0 saturated heterocycles. The molecule has 2 nitrogen and oxygen atoms in total. The standard InChI is InChI=1S/C18H17F2NOS/c19-16-7-3-6-15(17(16)20)18(22)21-12-8-10-14(11-9-12)23-13-4-1-2-5-13/h3,6-11,13H,1-2,4-5H2,(H,21,22). The zero-order valence-electron chi connectivity index (χ0n) is 12.5. The van der Waals surface area contributed by atoms with E-state index in [1.807, 2.05) is 23.9 Å². The van der Waals surface area contributed by atoms with Crippen LogP contribution in [0.5, 0.6) is 0 Å². The van der Waals surface area contributed by atoms with Gasteiger partial charge in [-0.25, -0.2) is 8.78 Å². The summed E-state index contributed by atoms with van der Waals surface area (Å²) < 4.78 is 26.8. The second kappa shape index (κ2) is 7.13. The number of rotatable bonds is 4. The van der Waals surface area contributed by atoms with Crippen LogP contribution in [0.3, 0.4) is 0 Å². The second-order valence-electron chi connectivity index (χ2n) is 5.60.